The molecule has 2 atom stereocenters. The molecule has 3 N–H and O–H groups in total. The summed E-state index contributed by atoms with van der Waals surface area (Å²) in [6.45, 7) is 2.77. The van der Waals surface area contributed by atoms with Crippen molar-refractivity contribution in [3.05, 3.63) is 12.2 Å². The van der Waals surface area contributed by atoms with E-state index in [-0.39, 0.29) is 0 Å². The molecule has 1 fully saturated rings. The lowest BCUT2D eigenvalue weighted by Gasteiger charge is -2.01. The van der Waals surface area contributed by atoms with Gasteiger partial charge in [0.2, 0.25) is 0 Å². The van der Waals surface area contributed by atoms with E-state index in [0.29, 0.717) is 30.1 Å². The third kappa shape index (κ3) is 1.42. The van der Waals surface area contributed by atoms with Crippen LogP contribution in [0.5, 0.6) is 0 Å². The van der Waals surface area contributed by atoms with Gasteiger partial charge in [-0.2, -0.15) is 0 Å². The molecule has 2 unspecified atom stereocenters. The van der Waals surface area contributed by atoms with Crippen molar-refractivity contribution >= 4 is 17.0 Å². The van der Waals surface area contributed by atoms with Crippen LogP contribution in [0.2, 0.25) is 0 Å². The van der Waals surface area contributed by atoms with Crippen LogP contribution in [-0.4, -0.2) is 32.6 Å². The molecule has 3 heterocycles. The molecule has 1 aliphatic rings. The highest BCUT2D eigenvalue weighted by Gasteiger charge is 2.26. The Bertz CT molecular complexity index is 523. The minimum Gasteiger partial charge on any atom is -0.382 e. The van der Waals surface area contributed by atoms with Gasteiger partial charge in [0.25, 0.3) is 0 Å². The van der Waals surface area contributed by atoms with Gasteiger partial charge in [0.1, 0.15) is 17.7 Å². The highest BCUT2D eigenvalue weighted by Crippen LogP contribution is 2.28. The van der Waals surface area contributed by atoms with Gasteiger partial charge >= 0.3 is 0 Å². The molecule has 3 rings (SSSR count). The molecule has 0 aliphatic carbocycles. The fraction of sp³-hybridized carbons (Fsp3) is 0.500. The zero-order valence-corrected chi connectivity index (χ0v) is 8.97. The standard InChI is InChI=1S/C10H13N5O/c1-5-2-6(3-16-5)9-14-7-8(11)12-4-13-10(7)15-9/h4-6H,2-3H2,1H3,(H3,11,12,13,14,15). The molecule has 84 valence electrons. The van der Waals surface area contributed by atoms with Crippen LogP contribution in [0.1, 0.15) is 25.1 Å². The van der Waals surface area contributed by atoms with Crippen LogP contribution in [-0.2, 0) is 4.74 Å². The van der Waals surface area contributed by atoms with Crippen LogP contribution < -0.4 is 5.73 Å². The fourth-order valence-electron chi connectivity index (χ4n) is 2.07. The van der Waals surface area contributed by atoms with E-state index in [4.69, 9.17) is 10.5 Å². The van der Waals surface area contributed by atoms with E-state index in [9.17, 15) is 0 Å². The number of nitrogens with zero attached hydrogens (tertiary/aromatic N) is 3. The monoisotopic (exact) mass is 219 g/mol. The first-order valence-electron chi connectivity index (χ1n) is 5.31. The number of ether oxygens (including phenoxy) is 1. The van der Waals surface area contributed by atoms with Crippen LogP contribution in [0.25, 0.3) is 11.2 Å². The lowest BCUT2D eigenvalue weighted by Crippen LogP contribution is -2.00. The van der Waals surface area contributed by atoms with E-state index in [2.05, 4.69) is 26.9 Å². The summed E-state index contributed by atoms with van der Waals surface area (Å²) in [6, 6.07) is 0. The number of H-pyrrole nitrogens is 1. The summed E-state index contributed by atoms with van der Waals surface area (Å²) in [5.74, 6) is 1.64. The number of hydrogen-bond donors (Lipinski definition) is 2. The number of imidazole rings is 1. The largest absolute Gasteiger partial charge is 0.382 e. The van der Waals surface area contributed by atoms with Crippen molar-refractivity contribution < 1.29 is 4.74 Å². The van der Waals surface area contributed by atoms with E-state index in [1.165, 1.54) is 6.33 Å². The van der Waals surface area contributed by atoms with Crippen molar-refractivity contribution in [1.82, 2.24) is 19.9 Å². The molecule has 0 aromatic carbocycles. The van der Waals surface area contributed by atoms with Gasteiger partial charge < -0.3 is 15.5 Å². The van der Waals surface area contributed by atoms with E-state index in [0.717, 1.165) is 17.8 Å². The van der Waals surface area contributed by atoms with Gasteiger partial charge in [0, 0.05) is 5.92 Å². The fourth-order valence-corrected chi connectivity index (χ4v) is 2.07. The van der Waals surface area contributed by atoms with Crippen LogP contribution >= 0.6 is 0 Å². The molecular formula is C10H13N5O. The molecule has 0 spiro atoms. The molecular weight excluding hydrogens is 206 g/mol. The number of nitrogens with two attached hydrogens (primary N) is 1. The highest BCUT2D eigenvalue weighted by molar-refractivity contribution is 5.81. The molecule has 2 aromatic rings. The predicted octanol–water partition coefficient (Wildman–Crippen LogP) is 0.827. The zero-order valence-electron chi connectivity index (χ0n) is 8.97. The molecule has 0 bridgehead atoms. The number of anilines is 1. The van der Waals surface area contributed by atoms with Crippen LogP contribution in [0.3, 0.4) is 0 Å². The predicted molar refractivity (Wildman–Crippen MR) is 58.9 cm³/mol. The normalized spacial score (nSPS) is 25.3. The number of aromatic amines is 1. The lowest BCUT2D eigenvalue weighted by molar-refractivity contribution is 0.123. The van der Waals surface area contributed by atoms with Gasteiger partial charge in [-0.05, 0) is 13.3 Å². The van der Waals surface area contributed by atoms with Crippen molar-refractivity contribution in [2.24, 2.45) is 0 Å². The number of aromatic nitrogens is 4. The second-order valence-corrected chi connectivity index (χ2v) is 4.16. The van der Waals surface area contributed by atoms with Gasteiger partial charge in [-0.1, -0.05) is 0 Å². The van der Waals surface area contributed by atoms with Gasteiger partial charge in [-0.25, -0.2) is 15.0 Å². The molecule has 1 saturated heterocycles. The molecule has 16 heavy (non-hydrogen) atoms. The molecule has 0 radical (unpaired) electrons. The van der Waals surface area contributed by atoms with Crippen molar-refractivity contribution in [1.29, 1.82) is 0 Å². The maximum absolute atomic E-state index is 5.74. The molecule has 6 nitrogen and oxygen atoms in total. The maximum Gasteiger partial charge on any atom is 0.183 e. The minimum atomic E-state index is 0.293. The van der Waals surface area contributed by atoms with E-state index in [1.54, 1.807) is 0 Å². The lowest BCUT2D eigenvalue weighted by atomic mass is 10.1. The Kier molecular flexibility index (Phi) is 2.03. The summed E-state index contributed by atoms with van der Waals surface area (Å²) < 4.78 is 5.52. The quantitative estimate of drug-likeness (QED) is 0.741. The number of nitrogens with one attached hydrogen (secondary N) is 1. The first-order chi connectivity index (χ1) is 7.74. The molecule has 1 aliphatic heterocycles. The van der Waals surface area contributed by atoms with Crippen LogP contribution in [0, 0.1) is 0 Å². The Morgan fingerprint density at radius 2 is 2.38 bits per heavy atom. The average Bonchev–Trinajstić information content (AvgIpc) is 2.84. The van der Waals surface area contributed by atoms with Gasteiger partial charge in [0.15, 0.2) is 11.5 Å². The molecule has 6 heteroatoms. The maximum atomic E-state index is 5.74. The molecule has 0 saturated carbocycles. The smallest absolute Gasteiger partial charge is 0.183 e. The first-order valence-corrected chi connectivity index (χ1v) is 5.31. The summed E-state index contributed by atoms with van der Waals surface area (Å²) in [5, 5.41) is 0. The summed E-state index contributed by atoms with van der Waals surface area (Å²) >= 11 is 0. The summed E-state index contributed by atoms with van der Waals surface area (Å²) in [5.41, 5.74) is 7.09. The second kappa shape index (κ2) is 3.41. The van der Waals surface area contributed by atoms with Crippen molar-refractivity contribution in [2.75, 3.05) is 12.3 Å². The average molecular weight is 219 g/mol. The zero-order chi connectivity index (χ0) is 11.1. The van der Waals surface area contributed by atoms with Crippen LogP contribution in [0.15, 0.2) is 6.33 Å². The van der Waals surface area contributed by atoms with E-state index < -0.39 is 0 Å². The minimum absolute atomic E-state index is 0.293. The van der Waals surface area contributed by atoms with Crippen molar-refractivity contribution in [3.8, 4) is 0 Å². The first kappa shape index (κ1) is 9.53. The Morgan fingerprint density at radius 1 is 1.50 bits per heavy atom. The van der Waals surface area contributed by atoms with Gasteiger partial charge in [-0.3, -0.25) is 0 Å². The van der Waals surface area contributed by atoms with Crippen LogP contribution in [0.4, 0.5) is 5.82 Å². The highest BCUT2D eigenvalue weighted by atomic mass is 16.5. The summed E-state index contributed by atoms with van der Waals surface area (Å²) in [7, 11) is 0. The van der Waals surface area contributed by atoms with Crippen molar-refractivity contribution in [3.63, 3.8) is 0 Å². The Morgan fingerprint density at radius 3 is 3.06 bits per heavy atom. The Balaban J connectivity index is 2.02. The van der Waals surface area contributed by atoms with E-state index in [1.807, 2.05) is 0 Å². The molecule has 2 aromatic heterocycles. The van der Waals surface area contributed by atoms with Crippen molar-refractivity contribution in [2.45, 2.75) is 25.4 Å². The Hall–Kier alpha value is -1.69. The molecule has 0 amide bonds. The number of hydrogen-bond acceptors (Lipinski definition) is 5. The summed E-state index contributed by atoms with van der Waals surface area (Å²) in [6.07, 6.45) is 2.70. The topological polar surface area (TPSA) is 89.7 Å². The third-order valence-corrected chi connectivity index (χ3v) is 2.92. The summed E-state index contributed by atoms with van der Waals surface area (Å²) in [4.78, 5) is 15.6. The van der Waals surface area contributed by atoms with E-state index >= 15 is 0 Å². The number of rotatable bonds is 1. The SMILES string of the molecule is CC1CC(c2nc3ncnc(N)c3[nH]2)CO1. The van der Waals surface area contributed by atoms with Gasteiger partial charge in [-0.15, -0.1) is 0 Å². The Labute approximate surface area is 92.3 Å². The number of fused-ring (bicyclic) bond motifs is 1. The third-order valence-electron chi connectivity index (χ3n) is 2.92. The van der Waals surface area contributed by atoms with Gasteiger partial charge in [0.05, 0.1) is 12.7 Å². The number of nitrogen functional groups attached to an aromatic ring is 1. The second-order valence-electron chi connectivity index (χ2n) is 4.16.